The first-order valence-electron chi connectivity index (χ1n) is 5.89. The Hall–Kier alpha value is -1.18. The summed E-state index contributed by atoms with van der Waals surface area (Å²) in [6.07, 6.45) is 1.16. The number of ether oxygens (including phenoxy) is 1. The molecule has 1 unspecified atom stereocenters. The fourth-order valence-electron chi connectivity index (χ4n) is 2.73. The first-order valence-corrected chi connectivity index (χ1v) is 5.89. The summed E-state index contributed by atoms with van der Waals surface area (Å²) in [5.41, 5.74) is 3.98. The number of hydrogen-bond acceptors (Lipinski definition) is 2. The average molecular weight is 219 g/mol. The Bertz CT molecular complexity index is 409. The summed E-state index contributed by atoms with van der Waals surface area (Å²) < 4.78 is 5.47. The maximum atomic E-state index is 5.47. The van der Waals surface area contributed by atoms with Crippen LogP contribution in [0.3, 0.4) is 0 Å². The summed E-state index contributed by atoms with van der Waals surface area (Å²) in [6.45, 7) is 8.90. The molecule has 1 aliphatic heterocycles. The van der Waals surface area contributed by atoms with Crippen molar-refractivity contribution in [3.8, 4) is 5.75 Å². The van der Waals surface area contributed by atoms with Crippen molar-refractivity contribution in [1.29, 1.82) is 0 Å². The van der Waals surface area contributed by atoms with E-state index >= 15 is 0 Å². The van der Waals surface area contributed by atoms with Crippen LogP contribution in [0.15, 0.2) is 12.1 Å². The Morgan fingerprint density at radius 1 is 1.38 bits per heavy atom. The van der Waals surface area contributed by atoms with E-state index in [1.165, 1.54) is 16.8 Å². The monoisotopic (exact) mass is 219 g/mol. The molecule has 0 amide bonds. The Morgan fingerprint density at radius 3 is 2.69 bits per heavy atom. The number of aryl methyl sites for hydroxylation is 1. The van der Waals surface area contributed by atoms with Gasteiger partial charge in [0.05, 0.1) is 12.8 Å². The zero-order valence-corrected chi connectivity index (χ0v) is 10.8. The van der Waals surface area contributed by atoms with Gasteiger partial charge in [0.1, 0.15) is 5.75 Å². The first kappa shape index (κ1) is 11.3. The van der Waals surface area contributed by atoms with Crippen LogP contribution in [-0.4, -0.2) is 12.6 Å². The normalized spacial score (nSPS) is 22.2. The molecule has 0 saturated carbocycles. The molecule has 1 atom stereocenters. The second kappa shape index (κ2) is 3.69. The molecule has 1 aromatic rings. The molecule has 0 aromatic heterocycles. The summed E-state index contributed by atoms with van der Waals surface area (Å²) in [5.74, 6) is 1.55. The van der Waals surface area contributed by atoms with Crippen molar-refractivity contribution >= 4 is 5.69 Å². The van der Waals surface area contributed by atoms with Gasteiger partial charge in [-0.2, -0.15) is 0 Å². The minimum Gasteiger partial charge on any atom is -0.495 e. The lowest BCUT2D eigenvalue weighted by atomic mass is 9.81. The molecular formula is C14H21NO. The number of anilines is 1. The second-order valence-corrected chi connectivity index (χ2v) is 5.55. The van der Waals surface area contributed by atoms with Crippen molar-refractivity contribution in [2.24, 2.45) is 0 Å². The van der Waals surface area contributed by atoms with Crippen molar-refractivity contribution in [3.05, 3.63) is 23.3 Å². The van der Waals surface area contributed by atoms with E-state index in [4.69, 9.17) is 4.74 Å². The smallest absolute Gasteiger partial charge is 0.142 e. The van der Waals surface area contributed by atoms with E-state index in [-0.39, 0.29) is 5.54 Å². The zero-order valence-electron chi connectivity index (χ0n) is 10.8. The predicted molar refractivity (Wildman–Crippen MR) is 68.5 cm³/mol. The van der Waals surface area contributed by atoms with Gasteiger partial charge in [-0.15, -0.1) is 0 Å². The van der Waals surface area contributed by atoms with E-state index in [9.17, 15) is 0 Å². The predicted octanol–water partition coefficient (Wildman–Crippen LogP) is 3.70. The highest BCUT2D eigenvalue weighted by Crippen LogP contribution is 2.43. The van der Waals surface area contributed by atoms with Gasteiger partial charge in [-0.1, -0.05) is 13.0 Å². The van der Waals surface area contributed by atoms with Crippen LogP contribution in [0.25, 0.3) is 0 Å². The Labute approximate surface area is 98.0 Å². The molecule has 2 heteroatoms. The fourth-order valence-corrected chi connectivity index (χ4v) is 2.73. The lowest BCUT2D eigenvalue weighted by molar-refractivity contribution is 0.402. The SMILES string of the molecule is COc1cc(C)cc2c1NC(C)(C)CC2C. The van der Waals surface area contributed by atoms with E-state index in [1.807, 2.05) is 0 Å². The number of methoxy groups -OCH3 is 1. The summed E-state index contributed by atoms with van der Waals surface area (Å²) in [6, 6.07) is 4.37. The molecule has 2 rings (SSSR count). The quantitative estimate of drug-likeness (QED) is 0.777. The van der Waals surface area contributed by atoms with Crippen LogP contribution in [0.1, 0.15) is 44.2 Å². The van der Waals surface area contributed by atoms with Gasteiger partial charge in [-0.25, -0.2) is 0 Å². The Morgan fingerprint density at radius 2 is 2.06 bits per heavy atom. The topological polar surface area (TPSA) is 21.3 Å². The van der Waals surface area contributed by atoms with Crippen molar-refractivity contribution in [2.75, 3.05) is 12.4 Å². The van der Waals surface area contributed by atoms with Crippen LogP contribution in [-0.2, 0) is 0 Å². The lowest BCUT2D eigenvalue weighted by Gasteiger charge is -2.38. The van der Waals surface area contributed by atoms with E-state index in [1.54, 1.807) is 7.11 Å². The summed E-state index contributed by atoms with van der Waals surface area (Å²) in [7, 11) is 1.74. The number of nitrogens with one attached hydrogen (secondary N) is 1. The van der Waals surface area contributed by atoms with Gasteiger partial charge in [0.15, 0.2) is 0 Å². The van der Waals surface area contributed by atoms with Crippen LogP contribution >= 0.6 is 0 Å². The summed E-state index contributed by atoms with van der Waals surface area (Å²) >= 11 is 0. The third-order valence-electron chi connectivity index (χ3n) is 3.31. The molecule has 0 saturated heterocycles. The molecule has 0 fully saturated rings. The highest BCUT2D eigenvalue weighted by atomic mass is 16.5. The van der Waals surface area contributed by atoms with Crippen molar-refractivity contribution in [1.82, 2.24) is 0 Å². The third-order valence-corrected chi connectivity index (χ3v) is 3.31. The van der Waals surface area contributed by atoms with Crippen LogP contribution in [0, 0.1) is 6.92 Å². The Balaban J connectivity index is 2.55. The molecule has 1 aromatic carbocycles. The summed E-state index contributed by atoms with van der Waals surface area (Å²) in [5, 5.41) is 3.59. The van der Waals surface area contributed by atoms with Crippen LogP contribution in [0.2, 0.25) is 0 Å². The van der Waals surface area contributed by atoms with E-state index in [2.05, 4.69) is 45.1 Å². The molecular weight excluding hydrogens is 198 g/mol. The number of benzene rings is 1. The molecule has 0 radical (unpaired) electrons. The first-order chi connectivity index (χ1) is 7.43. The van der Waals surface area contributed by atoms with Gasteiger partial charge in [0.25, 0.3) is 0 Å². The average Bonchev–Trinajstić information content (AvgIpc) is 2.17. The highest BCUT2D eigenvalue weighted by molar-refractivity contribution is 5.67. The standard InChI is InChI=1S/C14H21NO/c1-9-6-11-10(2)8-14(3,4)15-13(11)12(7-9)16-5/h6-7,10,15H,8H2,1-5H3. The van der Waals surface area contributed by atoms with Crippen molar-refractivity contribution in [3.63, 3.8) is 0 Å². The largest absolute Gasteiger partial charge is 0.495 e. The van der Waals surface area contributed by atoms with Crippen molar-refractivity contribution < 1.29 is 4.74 Å². The number of rotatable bonds is 1. The maximum Gasteiger partial charge on any atom is 0.142 e. The molecule has 1 heterocycles. The number of fused-ring (bicyclic) bond motifs is 1. The minimum absolute atomic E-state index is 0.148. The molecule has 0 aliphatic carbocycles. The van der Waals surface area contributed by atoms with Crippen LogP contribution < -0.4 is 10.1 Å². The fraction of sp³-hybridized carbons (Fsp3) is 0.571. The molecule has 0 spiro atoms. The molecule has 0 bridgehead atoms. The van der Waals surface area contributed by atoms with E-state index in [0.717, 1.165) is 12.2 Å². The Kier molecular flexibility index (Phi) is 2.61. The molecule has 88 valence electrons. The van der Waals surface area contributed by atoms with Crippen LogP contribution in [0.5, 0.6) is 5.75 Å². The van der Waals surface area contributed by atoms with Crippen molar-refractivity contribution in [2.45, 2.75) is 45.6 Å². The third kappa shape index (κ3) is 1.89. The second-order valence-electron chi connectivity index (χ2n) is 5.55. The zero-order chi connectivity index (χ0) is 11.9. The maximum absolute atomic E-state index is 5.47. The molecule has 2 nitrogen and oxygen atoms in total. The van der Waals surface area contributed by atoms with Gasteiger partial charge in [-0.3, -0.25) is 0 Å². The minimum atomic E-state index is 0.148. The number of hydrogen-bond donors (Lipinski definition) is 1. The van der Waals surface area contributed by atoms with Crippen LogP contribution in [0.4, 0.5) is 5.69 Å². The van der Waals surface area contributed by atoms with Gasteiger partial charge < -0.3 is 10.1 Å². The molecule has 1 aliphatic rings. The van der Waals surface area contributed by atoms with Gasteiger partial charge >= 0.3 is 0 Å². The van der Waals surface area contributed by atoms with Gasteiger partial charge in [-0.05, 0) is 50.3 Å². The summed E-state index contributed by atoms with van der Waals surface area (Å²) in [4.78, 5) is 0. The van der Waals surface area contributed by atoms with E-state index in [0.29, 0.717) is 5.92 Å². The highest BCUT2D eigenvalue weighted by Gasteiger charge is 2.31. The molecule has 1 N–H and O–H groups in total. The van der Waals surface area contributed by atoms with E-state index < -0.39 is 0 Å². The van der Waals surface area contributed by atoms with Gasteiger partial charge in [0.2, 0.25) is 0 Å². The molecule has 16 heavy (non-hydrogen) atoms. The van der Waals surface area contributed by atoms with Gasteiger partial charge in [0, 0.05) is 5.54 Å². The lowest BCUT2D eigenvalue weighted by Crippen LogP contribution is -2.36.